The molecule has 1 unspecified atom stereocenters. The number of piperidine rings is 2. The third-order valence-electron chi connectivity index (χ3n) is 5.51. The third-order valence-corrected chi connectivity index (χ3v) is 5.51. The largest absolute Gasteiger partial charge is 0.417 e. The summed E-state index contributed by atoms with van der Waals surface area (Å²) in [5, 5.41) is 9.78. The summed E-state index contributed by atoms with van der Waals surface area (Å²) in [6.07, 6.45) is -2.05. The number of alkyl halides is 3. The molecule has 142 valence electrons. The minimum Gasteiger partial charge on any atom is -0.380 e. The maximum atomic E-state index is 12.9. The molecule has 1 atom stereocenters. The molecular weight excluding hydrogens is 337 g/mol. The molecule has 2 heterocycles. The van der Waals surface area contributed by atoms with Gasteiger partial charge in [-0.05, 0) is 44.6 Å². The number of amides is 2. The minimum absolute atomic E-state index is 0.0594. The molecule has 2 rings (SSSR count). The predicted octanol–water partition coefficient (Wildman–Crippen LogP) is 1.96. The van der Waals surface area contributed by atoms with Gasteiger partial charge in [-0.3, -0.25) is 9.59 Å². The monoisotopic (exact) mass is 362 g/mol. The molecule has 1 N–H and O–H groups in total. The molecule has 0 aromatic rings. The molecule has 8 heteroatoms. The summed E-state index contributed by atoms with van der Waals surface area (Å²) in [6.45, 7) is 5.67. The van der Waals surface area contributed by atoms with Crippen LogP contribution in [0.5, 0.6) is 0 Å². The Balaban J connectivity index is 1.86. The quantitative estimate of drug-likeness (QED) is 0.781. The van der Waals surface area contributed by atoms with Gasteiger partial charge < -0.3 is 14.9 Å². The van der Waals surface area contributed by atoms with E-state index in [1.165, 1.54) is 6.08 Å². The van der Waals surface area contributed by atoms with Gasteiger partial charge in [-0.25, -0.2) is 0 Å². The lowest BCUT2D eigenvalue weighted by Crippen LogP contribution is -2.54. The van der Waals surface area contributed by atoms with Crippen LogP contribution in [-0.4, -0.2) is 64.7 Å². The molecule has 5 nitrogen and oxygen atoms in total. The molecular formula is C17H25F3N2O3. The van der Waals surface area contributed by atoms with Crippen molar-refractivity contribution in [1.82, 2.24) is 9.80 Å². The van der Waals surface area contributed by atoms with Crippen LogP contribution in [0, 0.1) is 11.8 Å². The lowest BCUT2D eigenvalue weighted by atomic mass is 9.81. The highest BCUT2D eigenvalue weighted by molar-refractivity contribution is 5.87. The number of hydrogen-bond acceptors (Lipinski definition) is 3. The van der Waals surface area contributed by atoms with Gasteiger partial charge in [-0.2, -0.15) is 13.2 Å². The van der Waals surface area contributed by atoms with Gasteiger partial charge in [0, 0.05) is 32.1 Å². The second-order valence-corrected chi connectivity index (χ2v) is 7.05. The Morgan fingerprint density at radius 2 is 1.52 bits per heavy atom. The van der Waals surface area contributed by atoms with Crippen LogP contribution < -0.4 is 0 Å². The van der Waals surface area contributed by atoms with Gasteiger partial charge in [0.15, 0.2) is 5.60 Å². The number of hydrogen-bond donors (Lipinski definition) is 1. The van der Waals surface area contributed by atoms with Crippen LogP contribution in [0.3, 0.4) is 0 Å². The zero-order valence-corrected chi connectivity index (χ0v) is 14.4. The van der Waals surface area contributed by atoms with Crippen molar-refractivity contribution in [2.24, 2.45) is 11.8 Å². The average molecular weight is 362 g/mol. The summed E-state index contributed by atoms with van der Waals surface area (Å²) < 4.78 is 38.8. The van der Waals surface area contributed by atoms with Crippen LogP contribution in [0.1, 0.15) is 32.6 Å². The van der Waals surface area contributed by atoms with Gasteiger partial charge in [0.1, 0.15) is 0 Å². The lowest BCUT2D eigenvalue weighted by Gasteiger charge is -2.41. The molecule has 0 radical (unpaired) electrons. The van der Waals surface area contributed by atoms with Gasteiger partial charge in [0.05, 0.1) is 0 Å². The smallest absolute Gasteiger partial charge is 0.380 e. The first kappa shape index (κ1) is 19.8. The number of aliphatic hydroxyl groups is 1. The van der Waals surface area contributed by atoms with Crippen molar-refractivity contribution in [1.29, 1.82) is 0 Å². The van der Waals surface area contributed by atoms with E-state index in [2.05, 4.69) is 6.58 Å². The molecule has 0 bridgehead atoms. The van der Waals surface area contributed by atoms with E-state index in [1.807, 2.05) is 0 Å². The Morgan fingerprint density at radius 3 is 1.96 bits per heavy atom. The fourth-order valence-electron chi connectivity index (χ4n) is 3.63. The van der Waals surface area contributed by atoms with Crippen LogP contribution >= 0.6 is 0 Å². The summed E-state index contributed by atoms with van der Waals surface area (Å²) in [4.78, 5) is 27.4. The molecule has 2 fully saturated rings. The van der Waals surface area contributed by atoms with E-state index < -0.39 is 17.7 Å². The fraction of sp³-hybridized carbons (Fsp3) is 0.765. The number of carbonyl (C=O) groups is 2. The Labute approximate surface area is 145 Å². The van der Waals surface area contributed by atoms with Crippen molar-refractivity contribution in [3.8, 4) is 0 Å². The molecule has 2 amide bonds. The topological polar surface area (TPSA) is 60.9 Å². The van der Waals surface area contributed by atoms with Crippen molar-refractivity contribution >= 4 is 11.8 Å². The van der Waals surface area contributed by atoms with Crippen molar-refractivity contribution in [2.75, 3.05) is 26.2 Å². The highest BCUT2D eigenvalue weighted by Gasteiger charge is 2.55. The van der Waals surface area contributed by atoms with Crippen LogP contribution in [0.4, 0.5) is 13.2 Å². The third kappa shape index (κ3) is 4.16. The number of nitrogens with zero attached hydrogens (tertiary/aromatic N) is 2. The summed E-state index contributed by atoms with van der Waals surface area (Å²) >= 11 is 0. The van der Waals surface area contributed by atoms with Gasteiger partial charge in [-0.15, -0.1) is 0 Å². The fourth-order valence-corrected chi connectivity index (χ4v) is 3.63. The molecule has 0 saturated carbocycles. The first-order valence-electron chi connectivity index (χ1n) is 8.57. The number of halogens is 3. The van der Waals surface area contributed by atoms with Crippen molar-refractivity contribution in [2.45, 2.75) is 44.4 Å². The SMILES string of the molecule is C=CC(=O)N1CCC(C(=O)N2CCC(C(C)(O)C(F)(F)F)CC2)CC1. The number of carbonyl (C=O) groups excluding carboxylic acids is 2. The lowest BCUT2D eigenvalue weighted by molar-refractivity contribution is -0.275. The van der Waals surface area contributed by atoms with Crippen molar-refractivity contribution in [3.05, 3.63) is 12.7 Å². The zero-order chi connectivity index (χ0) is 18.8. The second-order valence-electron chi connectivity index (χ2n) is 7.05. The van der Waals surface area contributed by atoms with E-state index in [4.69, 9.17) is 0 Å². The molecule has 25 heavy (non-hydrogen) atoms. The summed E-state index contributed by atoms with van der Waals surface area (Å²) in [6, 6.07) is 0. The van der Waals surface area contributed by atoms with E-state index in [0.717, 1.165) is 6.92 Å². The highest BCUT2D eigenvalue weighted by atomic mass is 19.4. The number of rotatable bonds is 3. The van der Waals surface area contributed by atoms with E-state index in [-0.39, 0.29) is 43.7 Å². The standard InChI is InChI=1S/C17H25F3N2O3/c1-3-14(23)21-8-4-12(5-9-21)15(24)22-10-6-13(7-11-22)16(2,25)17(18,19)20/h3,12-13,25H,1,4-11H2,2H3. The van der Waals surface area contributed by atoms with Crippen molar-refractivity contribution in [3.63, 3.8) is 0 Å². The van der Waals surface area contributed by atoms with Gasteiger partial charge in [0.25, 0.3) is 0 Å². The Kier molecular flexibility index (Phi) is 5.81. The zero-order valence-electron chi connectivity index (χ0n) is 14.4. The Morgan fingerprint density at radius 1 is 1.04 bits per heavy atom. The molecule has 2 aliphatic rings. The molecule has 0 aromatic heterocycles. The van der Waals surface area contributed by atoms with E-state index in [1.54, 1.807) is 9.80 Å². The van der Waals surface area contributed by atoms with Gasteiger partial charge in [0.2, 0.25) is 11.8 Å². The predicted molar refractivity (Wildman–Crippen MR) is 85.5 cm³/mol. The van der Waals surface area contributed by atoms with Crippen LogP contribution in [0.15, 0.2) is 12.7 Å². The first-order valence-corrected chi connectivity index (χ1v) is 8.57. The van der Waals surface area contributed by atoms with Crippen LogP contribution in [0.25, 0.3) is 0 Å². The van der Waals surface area contributed by atoms with Gasteiger partial charge in [-0.1, -0.05) is 6.58 Å². The van der Waals surface area contributed by atoms with Crippen LogP contribution in [-0.2, 0) is 9.59 Å². The second kappa shape index (κ2) is 7.35. The summed E-state index contributed by atoms with van der Waals surface area (Å²) in [7, 11) is 0. The van der Waals surface area contributed by atoms with Crippen molar-refractivity contribution < 1.29 is 27.9 Å². The maximum Gasteiger partial charge on any atom is 0.417 e. The van der Waals surface area contributed by atoms with Crippen LogP contribution in [0.2, 0.25) is 0 Å². The normalized spacial score (nSPS) is 23.2. The Hall–Kier alpha value is -1.57. The van der Waals surface area contributed by atoms with E-state index >= 15 is 0 Å². The first-order chi connectivity index (χ1) is 11.6. The summed E-state index contributed by atoms with van der Waals surface area (Å²) in [5.74, 6) is -1.31. The number of likely N-dealkylation sites (tertiary alicyclic amines) is 2. The van der Waals surface area contributed by atoms with E-state index in [9.17, 15) is 27.9 Å². The Bertz CT molecular complexity index is 518. The highest BCUT2D eigenvalue weighted by Crippen LogP contribution is 2.40. The maximum absolute atomic E-state index is 12.9. The molecule has 0 spiro atoms. The minimum atomic E-state index is -4.67. The van der Waals surface area contributed by atoms with E-state index in [0.29, 0.717) is 25.9 Å². The van der Waals surface area contributed by atoms with Gasteiger partial charge >= 0.3 is 6.18 Å². The summed E-state index contributed by atoms with van der Waals surface area (Å²) in [5.41, 5.74) is -2.72. The molecule has 2 saturated heterocycles. The average Bonchev–Trinajstić information content (AvgIpc) is 2.59. The molecule has 0 aromatic carbocycles. The molecule has 0 aliphatic carbocycles. The molecule has 2 aliphatic heterocycles.